The molecule has 0 saturated heterocycles. The predicted molar refractivity (Wildman–Crippen MR) is 83.9 cm³/mol. The van der Waals surface area contributed by atoms with Gasteiger partial charge in [0.15, 0.2) is 0 Å². The van der Waals surface area contributed by atoms with Gasteiger partial charge in [-0.25, -0.2) is 0 Å². The molecule has 0 aliphatic heterocycles. The van der Waals surface area contributed by atoms with Gasteiger partial charge in [0.05, 0.1) is 5.69 Å². The third-order valence-electron chi connectivity index (χ3n) is 4.28. The van der Waals surface area contributed by atoms with Crippen molar-refractivity contribution in [1.82, 2.24) is 15.0 Å². The van der Waals surface area contributed by atoms with Crippen LogP contribution in [0.2, 0.25) is 0 Å². The monoisotopic (exact) mass is 333 g/mol. The minimum atomic E-state index is 0.601. The Morgan fingerprint density at radius 3 is 2.75 bits per heavy atom. The van der Waals surface area contributed by atoms with E-state index in [0.717, 1.165) is 12.1 Å². The molecular weight excluding hydrogens is 314 g/mol. The molecule has 3 rings (SSSR count). The van der Waals surface area contributed by atoms with Gasteiger partial charge >= 0.3 is 0 Å². The maximum Gasteiger partial charge on any atom is 0.0830 e. The van der Waals surface area contributed by atoms with E-state index >= 15 is 0 Å². The number of hydrogen-bond acceptors (Lipinski definition) is 2. The van der Waals surface area contributed by atoms with Gasteiger partial charge in [-0.05, 0) is 43.1 Å². The summed E-state index contributed by atoms with van der Waals surface area (Å²) in [5.74, 6) is 1.33. The Bertz CT molecular complexity index is 552. The average Bonchev–Trinajstić information content (AvgIpc) is 2.88. The number of aromatic nitrogens is 3. The van der Waals surface area contributed by atoms with Crippen LogP contribution in [-0.2, 0) is 13.5 Å². The van der Waals surface area contributed by atoms with Crippen LogP contribution in [0.4, 0.5) is 0 Å². The zero-order valence-corrected chi connectivity index (χ0v) is 13.3. The van der Waals surface area contributed by atoms with E-state index in [-0.39, 0.29) is 0 Å². The molecular formula is C16H20BrN3. The standard InChI is InChI=1S/C16H20BrN3/c1-20-11-15(18-19-20)10-14-9-13(7-8-16(14)17)12-5-3-2-4-6-12/h2-6,11,13-14,16H,7-10H2,1H3. The van der Waals surface area contributed by atoms with Crippen molar-refractivity contribution in [1.29, 1.82) is 0 Å². The van der Waals surface area contributed by atoms with Gasteiger partial charge in [0, 0.05) is 18.1 Å². The molecule has 20 heavy (non-hydrogen) atoms. The van der Waals surface area contributed by atoms with Crippen LogP contribution in [0, 0.1) is 5.92 Å². The van der Waals surface area contributed by atoms with Crippen molar-refractivity contribution in [2.75, 3.05) is 0 Å². The van der Waals surface area contributed by atoms with E-state index in [1.54, 1.807) is 4.68 Å². The lowest BCUT2D eigenvalue weighted by atomic mass is 9.76. The molecule has 3 unspecified atom stereocenters. The number of nitrogens with zero attached hydrogens (tertiary/aromatic N) is 3. The van der Waals surface area contributed by atoms with Gasteiger partial charge in [-0.3, -0.25) is 4.68 Å². The number of rotatable bonds is 3. The van der Waals surface area contributed by atoms with Crippen molar-refractivity contribution < 1.29 is 0 Å². The van der Waals surface area contributed by atoms with Gasteiger partial charge < -0.3 is 0 Å². The Kier molecular flexibility index (Phi) is 4.20. The molecule has 1 aliphatic carbocycles. The molecule has 3 atom stereocenters. The largest absolute Gasteiger partial charge is 0.255 e. The highest BCUT2D eigenvalue weighted by Crippen LogP contribution is 2.40. The van der Waals surface area contributed by atoms with Crippen LogP contribution in [0.15, 0.2) is 36.5 Å². The molecule has 1 aromatic heterocycles. The summed E-state index contributed by atoms with van der Waals surface area (Å²) in [6.45, 7) is 0. The first-order chi connectivity index (χ1) is 9.72. The summed E-state index contributed by atoms with van der Waals surface area (Å²) in [6.07, 6.45) is 6.80. The second-order valence-electron chi connectivity index (χ2n) is 5.78. The summed E-state index contributed by atoms with van der Waals surface area (Å²) >= 11 is 3.86. The zero-order chi connectivity index (χ0) is 13.9. The smallest absolute Gasteiger partial charge is 0.0830 e. The third-order valence-corrected chi connectivity index (χ3v) is 5.49. The van der Waals surface area contributed by atoms with E-state index in [4.69, 9.17) is 0 Å². The van der Waals surface area contributed by atoms with Crippen LogP contribution in [0.1, 0.15) is 36.4 Å². The molecule has 1 aromatic carbocycles. The quantitative estimate of drug-likeness (QED) is 0.801. The number of aryl methyl sites for hydroxylation is 1. The summed E-state index contributed by atoms with van der Waals surface area (Å²) in [6, 6.07) is 10.9. The number of alkyl halides is 1. The minimum Gasteiger partial charge on any atom is -0.255 e. The number of halogens is 1. The van der Waals surface area contributed by atoms with Crippen LogP contribution < -0.4 is 0 Å². The Balaban J connectivity index is 1.70. The highest BCUT2D eigenvalue weighted by Gasteiger charge is 2.30. The molecule has 0 radical (unpaired) electrons. The molecule has 1 saturated carbocycles. The highest BCUT2D eigenvalue weighted by atomic mass is 79.9. The van der Waals surface area contributed by atoms with Crippen molar-refractivity contribution >= 4 is 15.9 Å². The summed E-state index contributed by atoms with van der Waals surface area (Å²) in [4.78, 5) is 0.601. The minimum absolute atomic E-state index is 0.601. The first-order valence-electron chi connectivity index (χ1n) is 7.26. The topological polar surface area (TPSA) is 30.7 Å². The van der Waals surface area contributed by atoms with Crippen molar-refractivity contribution in [3.8, 4) is 0 Å². The first kappa shape index (κ1) is 13.8. The van der Waals surface area contributed by atoms with Crippen molar-refractivity contribution in [2.45, 2.75) is 36.4 Å². The van der Waals surface area contributed by atoms with Crippen LogP contribution in [0.3, 0.4) is 0 Å². The average molecular weight is 334 g/mol. The van der Waals surface area contributed by atoms with Gasteiger partial charge in [0.2, 0.25) is 0 Å². The maximum atomic E-state index is 4.23. The summed E-state index contributed by atoms with van der Waals surface area (Å²) in [7, 11) is 1.93. The fraction of sp³-hybridized carbons (Fsp3) is 0.500. The SMILES string of the molecule is Cn1cc(CC2CC(c3ccccc3)CCC2Br)nn1. The fourth-order valence-electron chi connectivity index (χ4n) is 3.22. The number of hydrogen-bond donors (Lipinski definition) is 0. The van der Waals surface area contributed by atoms with Crippen LogP contribution in [0.5, 0.6) is 0 Å². The van der Waals surface area contributed by atoms with E-state index < -0.39 is 0 Å². The molecule has 0 amide bonds. The van der Waals surface area contributed by atoms with Crippen LogP contribution >= 0.6 is 15.9 Å². The van der Waals surface area contributed by atoms with Gasteiger partial charge in [0.1, 0.15) is 0 Å². The summed E-state index contributed by atoms with van der Waals surface area (Å²) < 4.78 is 1.79. The van der Waals surface area contributed by atoms with E-state index in [1.807, 2.05) is 13.2 Å². The molecule has 2 aromatic rings. The molecule has 1 heterocycles. The van der Waals surface area contributed by atoms with Gasteiger partial charge in [-0.15, -0.1) is 5.10 Å². The van der Waals surface area contributed by atoms with Gasteiger partial charge in [-0.2, -0.15) is 0 Å². The maximum absolute atomic E-state index is 4.23. The molecule has 106 valence electrons. The molecule has 0 bridgehead atoms. The molecule has 3 nitrogen and oxygen atoms in total. The van der Waals surface area contributed by atoms with Crippen LogP contribution in [-0.4, -0.2) is 19.8 Å². The molecule has 0 N–H and O–H groups in total. The lowest BCUT2D eigenvalue weighted by molar-refractivity contribution is 0.333. The Morgan fingerprint density at radius 2 is 2.05 bits per heavy atom. The Morgan fingerprint density at radius 1 is 1.25 bits per heavy atom. The van der Waals surface area contributed by atoms with E-state index in [2.05, 4.69) is 56.6 Å². The van der Waals surface area contributed by atoms with Crippen molar-refractivity contribution in [3.05, 3.63) is 47.8 Å². The Hall–Kier alpha value is -1.16. The molecule has 0 spiro atoms. The predicted octanol–water partition coefficient (Wildman–Crippen LogP) is 3.71. The van der Waals surface area contributed by atoms with Gasteiger partial charge in [0.25, 0.3) is 0 Å². The lowest BCUT2D eigenvalue weighted by Crippen LogP contribution is -2.26. The van der Waals surface area contributed by atoms with Crippen molar-refractivity contribution in [3.63, 3.8) is 0 Å². The Labute approximate surface area is 128 Å². The highest BCUT2D eigenvalue weighted by molar-refractivity contribution is 9.09. The normalized spacial score (nSPS) is 26.6. The second-order valence-corrected chi connectivity index (χ2v) is 6.96. The lowest BCUT2D eigenvalue weighted by Gasteiger charge is -2.33. The summed E-state index contributed by atoms with van der Waals surface area (Å²) in [5, 5.41) is 8.27. The van der Waals surface area contributed by atoms with E-state index in [9.17, 15) is 0 Å². The fourth-order valence-corrected chi connectivity index (χ4v) is 3.89. The number of benzene rings is 1. The van der Waals surface area contributed by atoms with Crippen LogP contribution in [0.25, 0.3) is 0 Å². The van der Waals surface area contributed by atoms with Gasteiger partial charge in [-0.1, -0.05) is 51.5 Å². The molecule has 4 heteroatoms. The first-order valence-corrected chi connectivity index (χ1v) is 8.18. The molecule has 1 aliphatic rings. The van der Waals surface area contributed by atoms with Crippen molar-refractivity contribution in [2.24, 2.45) is 13.0 Å². The zero-order valence-electron chi connectivity index (χ0n) is 11.7. The third kappa shape index (κ3) is 3.11. The van der Waals surface area contributed by atoms with E-state index in [1.165, 1.54) is 24.8 Å². The summed E-state index contributed by atoms with van der Waals surface area (Å²) in [5.41, 5.74) is 2.59. The second kappa shape index (κ2) is 6.08. The molecule has 1 fully saturated rings. The van der Waals surface area contributed by atoms with E-state index in [0.29, 0.717) is 16.7 Å².